The van der Waals surface area contributed by atoms with Gasteiger partial charge in [-0.25, -0.2) is 0 Å². The lowest BCUT2D eigenvalue weighted by Gasteiger charge is -2.22. The summed E-state index contributed by atoms with van der Waals surface area (Å²) in [6, 6.07) is 0.834. The number of methoxy groups -OCH3 is 1. The van der Waals surface area contributed by atoms with Crippen LogP contribution < -0.4 is 20.5 Å². The summed E-state index contributed by atoms with van der Waals surface area (Å²) < 4.78 is 13.3. The topological polar surface area (TPSA) is 100 Å². The monoisotopic (exact) mass is 390 g/mol. The molecule has 1 aliphatic heterocycles. The van der Waals surface area contributed by atoms with Gasteiger partial charge < -0.3 is 20.5 Å². The molecule has 2 aromatic heterocycles. The minimum Gasteiger partial charge on any atom is -0.468 e. The zero-order valence-corrected chi connectivity index (χ0v) is 17.4. The second kappa shape index (κ2) is 9.91. The Morgan fingerprint density at radius 3 is 2.71 bits per heavy atom. The highest BCUT2D eigenvalue weighted by molar-refractivity contribution is 5.83. The van der Waals surface area contributed by atoms with Crippen LogP contribution in [0.15, 0.2) is 0 Å². The van der Waals surface area contributed by atoms with Crippen molar-refractivity contribution < 1.29 is 9.47 Å². The van der Waals surface area contributed by atoms with Crippen molar-refractivity contribution in [3.8, 4) is 12.0 Å². The van der Waals surface area contributed by atoms with Crippen LogP contribution >= 0.6 is 0 Å². The quantitative estimate of drug-likeness (QED) is 0.601. The number of nitrogens with one attached hydrogen (secondary N) is 1. The Kier molecular flexibility index (Phi) is 7.30. The summed E-state index contributed by atoms with van der Waals surface area (Å²) in [5, 5.41) is 3.43. The van der Waals surface area contributed by atoms with E-state index in [9.17, 15) is 0 Å². The number of nitrogens with zero attached hydrogens (tertiary/aromatic N) is 4. The highest BCUT2D eigenvalue weighted by Crippen LogP contribution is 2.27. The molecule has 28 heavy (non-hydrogen) atoms. The van der Waals surface area contributed by atoms with E-state index in [1.54, 1.807) is 7.11 Å². The second-order valence-corrected chi connectivity index (χ2v) is 7.72. The number of unbranched alkanes of at least 4 members (excludes halogenated alkanes) is 1. The molecule has 1 unspecified atom stereocenters. The van der Waals surface area contributed by atoms with Gasteiger partial charge in [0.05, 0.1) is 13.2 Å². The molecule has 8 nitrogen and oxygen atoms in total. The maximum absolute atomic E-state index is 6.13. The zero-order valence-electron chi connectivity index (χ0n) is 17.4. The summed E-state index contributed by atoms with van der Waals surface area (Å²) in [6.45, 7) is 7.25. The number of hydrogen-bond acceptors (Lipinski definition) is 7. The van der Waals surface area contributed by atoms with Gasteiger partial charge in [-0.15, -0.1) is 0 Å². The molecular weight excluding hydrogens is 356 g/mol. The van der Waals surface area contributed by atoms with Crippen LogP contribution in [0.2, 0.25) is 0 Å². The number of nitrogens with two attached hydrogens (primary N) is 1. The van der Waals surface area contributed by atoms with E-state index >= 15 is 0 Å². The van der Waals surface area contributed by atoms with Crippen LogP contribution in [-0.2, 0) is 6.54 Å². The number of fused-ring (bicyclic) bond motifs is 1. The summed E-state index contributed by atoms with van der Waals surface area (Å²) in [6.07, 6.45) is 8.13. The predicted octanol–water partition coefficient (Wildman–Crippen LogP) is 3.15. The lowest BCUT2D eigenvalue weighted by Crippen LogP contribution is -2.27. The van der Waals surface area contributed by atoms with Crippen molar-refractivity contribution in [1.82, 2.24) is 24.8 Å². The van der Waals surface area contributed by atoms with Crippen molar-refractivity contribution in [1.29, 1.82) is 0 Å². The highest BCUT2D eigenvalue weighted by Gasteiger charge is 2.19. The molecule has 8 heteroatoms. The first-order valence-corrected chi connectivity index (χ1v) is 10.6. The van der Waals surface area contributed by atoms with Crippen LogP contribution in [0, 0.1) is 5.92 Å². The first-order chi connectivity index (χ1) is 13.6. The molecule has 2 aromatic rings. The Hall–Kier alpha value is -2.09. The molecule has 0 bridgehead atoms. The molecule has 1 saturated heterocycles. The van der Waals surface area contributed by atoms with Gasteiger partial charge >= 0.3 is 6.01 Å². The lowest BCUT2D eigenvalue weighted by molar-refractivity contribution is 0.193. The van der Waals surface area contributed by atoms with Gasteiger partial charge in [0, 0.05) is 6.54 Å². The summed E-state index contributed by atoms with van der Waals surface area (Å²) >= 11 is 0. The Morgan fingerprint density at radius 1 is 1.21 bits per heavy atom. The number of nitrogen functional groups attached to an aromatic ring is 1. The average Bonchev–Trinajstić information content (AvgIpc) is 3.04. The molecule has 0 saturated carbocycles. The zero-order chi connectivity index (χ0) is 19.9. The fraction of sp³-hybridized carbons (Fsp3) is 0.750. The Labute approximate surface area is 167 Å². The minimum atomic E-state index is 0.0464. The third kappa shape index (κ3) is 5.04. The minimum absolute atomic E-state index is 0.0464. The van der Waals surface area contributed by atoms with Crippen LogP contribution in [0.4, 0.5) is 5.82 Å². The lowest BCUT2D eigenvalue weighted by atomic mass is 9.92. The van der Waals surface area contributed by atoms with Crippen molar-refractivity contribution in [3.63, 3.8) is 0 Å². The van der Waals surface area contributed by atoms with Gasteiger partial charge in [0.2, 0.25) is 0 Å². The van der Waals surface area contributed by atoms with Gasteiger partial charge in [-0.1, -0.05) is 26.2 Å². The van der Waals surface area contributed by atoms with Gasteiger partial charge in [-0.3, -0.25) is 4.57 Å². The normalized spacial score (nSPS) is 16.4. The predicted molar refractivity (Wildman–Crippen MR) is 111 cm³/mol. The number of aryl methyl sites for hydroxylation is 1. The fourth-order valence-corrected chi connectivity index (χ4v) is 3.91. The standard InChI is InChI=1S/C20H34N6O2/c1-4-7-14(2)28-19-24-17(21)16-18(25-19)26(20(23-16)27-3)13-6-5-8-15-9-11-22-12-10-15/h14-15,22H,4-13H2,1-3H3,(H2,21,24,25). The summed E-state index contributed by atoms with van der Waals surface area (Å²) in [5.41, 5.74) is 7.39. The third-order valence-corrected chi connectivity index (χ3v) is 5.45. The molecule has 1 aliphatic rings. The molecule has 0 spiro atoms. The number of ether oxygens (including phenoxy) is 2. The van der Waals surface area contributed by atoms with E-state index in [0.29, 0.717) is 29.0 Å². The Bertz CT molecular complexity index is 757. The number of anilines is 1. The highest BCUT2D eigenvalue weighted by atomic mass is 16.5. The number of piperidine rings is 1. The van der Waals surface area contributed by atoms with Gasteiger partial charge in [0.1, 0.15) is 0 Å². The van der Waals surface area contributed by atoms with Gasteiger partial charge in [0.25, 0.3) is 6.01 Å². The first kappa shape index (κ1) is 20.6. The Balaban J connectivity index is 1.70. The van der Waals surface area contributed by atoms with Gasteiger partial charge in [0.15, 0.2) is 17.0 Å². The molecule has 3 N–H and O–H groups in total. The largest absolute Gasteiger partial charge is 0.468 e. The van der Waals surface area contributed by atoms with Crippen LogP contribution in [0.3, 0.4) is 0 Å². The fourth-order valence-electron chi connectivity index (χ4n) is 3.91. The molecule has 0 aliphatic carbocycles. The molecule has 0 aromatic carbocycles. The smallest absolute Gasteiger partial charge is 0.320 e. The third-order valence-electron chi connectivity index (χ3n) is 5.45. The van der Waals surface area contributed by atoms with Crippen LogP contribution in [0.1, 0.15) is 58.8 Å². The van der Waals surface area contributed by atoms with E-state index in [0.717, 1.165) is 44.8 Å². The van der Waals surface area contributed by atoms with E-state index in [-0.39, 0.29) is 6.10 Å². The van der Waals surface area contributed by atoms with Crippen molar-refractivity contribution >= 4 is 17.0 Å². The maximum Gasteiger partial charge on any atom is 0.320 e. The molecule has 3 heterocycles. The van der Waals surface area contributed by atoms with Crippen LogP contribution in [0.5, 0.6) is 12.0 Å². The van der Waals surface area contributed by atoms with Gasteiger partial charge in [-0.2, -0.15) is 15.0 Å². The SMILES string of the molecule is CCCC(C)Oc1nc(N)c2nc(OC)n(CCCCC3CCNCC3)c2n1. The van der Waals surface area contributed by atoms with Crippen molar-refractivity contribution in [2.45, 2.75) is 71.4 Å². The van der Waals surface area contributed by atoms with Crippen molar-refractivity contribution in [2.24, 2.45) is 5.92 Å². The summed E-state index contributed by atoms with van der Waals surface area (Å²) in [4.78, 5) is 13.4. The molecular formula is C20H34N6O2. The summed E-state index contributed by atoms with van der Waals surface area (Å²) in [7, 11) is 1.62. The molecule has 1 atom stereocenters. The van der Waals surface area contributed by atoms with Gasteiger partial charge in [-0.05, 0) is 51.6 Å². The van der Waals surface area contributed by atoms with E-state index < -0.39 is 0 Å². The number of hydrogen-bond donors (Lipinski definition) is 2. The first-order valence-electron chi connectivity index (χ1n) is 10.6. The number of rotatable bonds is 10. The summed E-state index contributed by atoms with van der Waals surface area (Å²) in [5.74, 6) is 1.18. The van der Waals surface area contributed by atoms with Crippen LogP contribution in [0.25, 0.3) is 11.2 Å². The van der Waals surface area contributed by atoms with Crippen molar-refractivity contribution in [2.75, 3.05) is 25.9 Å². The molecule has 1 fully saturated rings. The maximum atomic E-state index is 6.13. The number of imidazole rings is 1. The van der Waals surface area contributed by atoms with E-state index in [1.165, 1.54) is 25.7 Å². The molecule has 156 valence electrons. The van der Waals surface area contributed by atoms with Crippen molar-refractivity contribution in [3.05, 3.63) is 0 Å². The van der Waals surface area contributed by atoms with Crippen LogP contribution in [-0.4, -0.2) is 45.8 Å². The number of aromatic nitrogens is 4. The molecule has 0 amide bonds. The molecule has 0 radical (unpaired) electrons. The molecule has 3 rings (SSSR count). The van der Waals surface area contributed by atoms with E-state index in [4.69, 9.17) is 15.2 Å². The second-order valence-electron chi connectivity index (χ2n) is 7.72. The van der Waals surface area contributed by atoms with E-state index in [2.05, 4.69) is 27.2 Å². The Morgan fingerprint density at radius 2 is 2.00 bits per heavy atom. The average molecular weight is 391 g/mol. The van der Waals surface area contributed by atoms with E-state index in [1.807, 2.05) is 11.5 Å².